The number of carbonyl (C=O) groups is 1. The van der Waals surface area contributed by atoms with Gasteiger partial charge in [0.05, 0.1) is 17.4 Å². The van der Waals surface area contributed by atoms with Crippen LogP contribution in [0.25, 0.3) is 0 Å². The van der Waals surface area contributed by atoms with Crippen molar-refractivity contribution in [2.75, 3.05) is 13.1 Å². The van der Waals surface area contributed by atoms with Crippen LogP contribution in [0.1, 0.15) is 16.1 Å². The number of amides is 1. The molecule has 0 spiro atoms. The minimum Gasteiger partial charge on any atom is -0.328 e. The highest BCUT2D eigenvalue weighted by molar-refractivity contribution is 7.12. The van der Waals surface area contributed by atoms with Gasteiger partial charge < -0.3 is 4.90 Å². The fourth-order valence-electron chi connectivity index (χ4n) is 1.21. The number of rotatable bonds is 4. The summed E-state index contributed by atoms with van der Waals surface area (Å²) in [5.41, 5.74) is 0. The maximum Gasteiger partial charge on any atom is 0.406 e. The van der Waals surface area contributed by atoms with E-state index in [1.807, 2.05) is 0 Å². The Bertz CT molecular complexity index is 408. The fourth-order valence-corrected chi connectivity index (χ4v) is 1.90. The molecule has 17 heavy (non-hydrogen) atoms. The molecule has 0 atom stereocenters. The predicted octanol–water partition coefficient (Wildman–Crippen LogP) is 2.67. The lowest BCUT2D eigenvalue weighted by molar-refractivity contribution is -0.140. The molecule has 3 nitrogen and oxygen atoms in total. The number of halogens is 3. The minimum atomic E-state index is -4.46. The van der Waals surface area contributed by atoms with Gasteiger partial charge in [0.2, 0.25) is 0 Å². The molecule has 0 aliphatic heterocycles. The number of nitriles is 1. The van der Waals surface area contributed by atoms with Gasteiger partial charge in [0.25, 0.3) is 5.91 Å². The maximum atomic E-state index is 12.3. The molecule has 0 fully saturated rings. The van der Waals surface area contributed by atoms with Crippen LogP contribution in [0.5, 0.6) is 0 Å². The molecule has 0 aromatic carbocycles. The van der Waals surface area contributed by atoms with E-state index >= 15 is 0 Å². The van der Waals surface area contributed by atoms with Crippen molar-refractivity contribution >= 4 is 17.2 Å². The summed E-state index contributed by atoms with van der Waals surface area (Å²) in [7, 11) is 0. The molecule has 0 radical (unpaired) electrons. The molecule has 1 rings (SSSR count). The summed E-state index contributed by atoms with van der Waals surface area (Å²) in [6, 6.07) is 4.78. The second-order valence-corrected chi connectivity index (χ2v) is 4.17. The minimum absolute atomic E-state index is 0.118. The molecule has 0 aliphatic rings. The Labute approximate surface area is 100 Å². The van der Waals surface area contributed by atoms with E-state index in [2.05, 4.69) is 0 Å². The van der Waals surface area contributed by atoms with Gasteiger partial charge in [-0.25, -0.2) is 0 Å². The first-order valence-electron chi connectivity index (χ1n) is 4.70. The molecule has 1 aromatic rings. The molecule has 0 N–H and O–H groups in total. The van der Waals surface area contributed by atoms with Crippen LogP contribution < -0.4 is 0 Å². The third-order valence-electron chi connectivity index (χ3n) is 1.88. The first-order valence-corrected chi connectivity index (χ1v) is 5.58. The summed E-state index contributed by atoms with van der Waals surface area (Å²) < 4.78 is 36.8. The van der Waals surface area contributed by atoms with E-state index in [0.717, 1.165) is 11.3 Å². The van der Waals surface area contributed by atoms with Gasteiger partial charge in [-0.3, -0.25) is 4.79 Å². The molecular formula is C10H9F3N2OS. The zero-order valence-corrected chi connectivity index (χ0v) is 9.51. The number of hydrogen-bond donors (Lipinski definition) is 0. The number of nitrogens with zero attached hydrogens (tertiary/aromatic N) is 2. The lowest BCUT2D eigenvalue weighted by atomic mass is 10.3. The molecular weight excluding hydrogens is 253 g/mol. The highest BCUT2D eigenvalue weighted by atomic mass is 32.1. The Morgan fingerprint density at radius 1 is 1.53 bits per heavy atom. The third kappa shape index (κ3) is 4.44. The zero-order valence-electron chi connectivity index (χ0n) is 8.70. The summed E-state index contributed by atoms with van der Waals surface area (Å²) in [6.07, 6.45) is -4.57. The van der Waals surface area contributed by atoms with Crippen LogP contribution >= 0.6 is 11.3 Å². The zero-order chi connectivity index (χ0) is 12.9. The van der Waals surface area contributed by atoms with Gasteiger partial charge in [0.15, 0.2) is 0 Å². The Balaban J connectivity index is 2.76. The van der Waals surface area contributed by atoms with E-state index in [4.69, 9.17) is 5.26 Å². The molecule has 0 aliphatic carbocycles. The van der Waals surface area contributed by atoms with Crippen molar-refractivity contribution < 1.29 is 18.0 Å². The smallest absolute Gasteiger partial charge is 0.328 e. The van der Waals surface area contributed by atoms with Gasteiger partial charge in [-0.2, -0.15) is 18.4 Å². The summed E-state index contributed by atoms with van der Waals surface area (Å²) in [6.45, 7) is -1.54. The molecule has 0 bridgehead atoms. The van der Waals surface area contributed by atoms with Gasteiger partial charge in [0, 0.05) is 6.54 Å². The summed E-state index contributed by atoms with van der Waals surface area (Å²) in [5, 5.41) is 9.97. The Morgan fingerprint density at radius 2 is 2.24 bits per heavy atom. The average molecular weight is 262 g/mol. The highest BCUT2D eigenvalue weighted by Gasteiger charge is 2.33. The van der Waals surface area contributed by atoms with Crippen LogP contribution in [-0.2, 0) is 0 Å². The number of carbonyl (C=O) groups excluding carboxylic acids is 1. The molecule has 1 aromatic heterocycles. The quantitative estimate of drug-likeness (QED) is 0.837. The SMILES string of the molecule is N#CCCN(CC(F)(F)F)C(=O)c1cccs1. The van der Waals surface area contributed by atoms with Crippen molar-refractivity contribution in [3.63, 3.8) is 0 Å². The van der Waals surface area contributed by atoms with E-state index in [9.17, 15) is 18.0 Å². The first kappa shape index (κ1) is 13.5. The second-order valence-electron chi connectivity index (χ2n) is 3.23. The van der Waals surface area contributed by atoms with Crippen molar-refractivity contribution in [1.29, 1.82) is 5.26 Å². The maximum absolute atomic E-state index is 12.3. The van der Waals surface area contributed by atoms with Gasteiger partial charge in [-0.1, -0.05) is 6.07 Å². The molecule has 0 saturated heterocycles. The summed E-state index contributed by atoms with van der Waals surface area (Å²) in [5.74, 6) is -0.687. The standard InChI is InChI=1S/C10H9F3N2OS/c11-10(12,13)7-15(5-2-4-14)9(16)8-3-1-6-17-8/h1,3,6H,2,5,7H2. The van der Waals surface area contributed by atoms with E-state index in [0.29, 0.717) is 4.90 Å². The topological polar surface area (TPSA) is 44.1 Å². The van der Waals surface area contributed by atoms with Crippen molar-refractivity contribution in [2.45, 2.75) is 12.6 Å². The van der Waals surface area contributed by atoms with Crippen LogP contribution in [0.15, 0.2) is 17.5 Å². The van der Waals surface area contributed by atoms with Crippen molar-refractivity contribution in [1.82, 2.24) is 4.90 Å². The van der Waals surface area contributed by atoms with Crippen LogP contribution in [-0.4, -0.2) is 30.1 Å². The van der Waals surface area contributed by atoms with Gasteiger partial charge >= 0.3 is 6.18 Å². The van der Waals surface area contributed by atoms with E-state index in [1.165, 1.54) is 6.07 Å². The molecule has 0 saturated carbocycles. The lowest BCUT2D eigenvalue weighted by Gasteiger charge is -2.22. The van der Waals surface area contributed by atoms with Gasteiger partial charge in [0.1, 0.15) is 6.54 Å². The highest BCUT2D eigenvalue weighted by Crippen LogP contribution is 2.19. The normalized spacial score (nSPS) is 10.9. The number of thiophene rings is 1. The monoisotopic (exact) mass is 262 g/mol. The fraction of sp³-hybridized carbons (Fsp3) is 0.400. The molecule has 0 unspecified atom stereocenters. The van der Waals surface area contributed by atoms with Crippen LogP contribution in [0.4, 0.5) is 13.2 Å². The predicted molar refractivity (Wildman–Crippen MR) is 56.5 cm³/mol. The van der Waals surface area contributed by atoms with Gasteiger partial charge in [-0.05, 0) is 11.4 Å². The first-order chi connectivity index (χ1) is 7.94. The molecule has 1 amide bonds. The molecule has 1 heterocycles. The van der Waals surface area contributed by atoms with Crippen molar-refractivity contribution in [3.05, 3.63) is 22.4 Å². The Kier molecular flexibility index (Phi) is 4.52. The van der Waals surface area contributed by atoms with Gasteiger partial charge in [-0.15, -0.1) is 11.3 Å². The third-order valence-corrected chi connectivity index (χ3v) is 2.74. The number of hydrogen-bond acceptors (Lipinski definition) is 3. The van der Waals surface area contributed by atoms with Crippen LogP contribution in [0, 0.1) is 11.3 Å². The Morgan fingerprint density at radius 3 is 2.71 bits per heavy atom. The van der Waals surface area contributed by atoms with E-state index in [1.54, 1.807) is 17.5 Å². The van der Waals surface area contributed by atoms with Crippen molar-refractivity contribution in [3.8, 4) is 6.07 Å². The van der Waals surface area contributed by atoms with E-state index in [-0.39, 0.29) is 17.8 Å². The van der Waals surface area contributed by atoms with Crippen molar-refractivity contribution in [2.24, 2.45) is 0 Å². The number of alkyl halides is 3. The van der Waals surface area contributed by atoms with Crippen LogP contribution in [0.2, 0.25) is 0 Å². The molecule has 7 heteroatoms. The summed E-state index contributed by atoms with van der Waals surface area (Å²) >= 11 is 1.08. The largest absolute Gasteiger partial charge is 0.406 e. The molecule has 92 valence electrons. The second kappa shape index (κ2) is 5.68. The lowest BCUT2D eigenvalue weighted by Crippen LogP contribution is -2.39. The average Bonchev–Trinajstić information content (AvgIpc) is 2.74. The Hall–Kier alpha value is -1.55. The summed E-state index contributed by atoms with van der Waals surface area (Å²) in [4.78, 5) is 12.6. The van der Waals surface area contributed by atoms with E-state index < -0.39 is 18.6 Å². The van der Waals surface area contributed by atoms with Crippen LogP contribution in [0.3, 0.4) is 0 Å².